The Hall–Kier alpha value is -0.0800. The van der Waals surface area contributed by atoms with Gasteiger partial charge in [-0.15, -0.1) is 0 Å². The first-order valence-electron chi connectivity index (χ1n) is 3.61. The number of likely N-dealkylation sites (N-methyl/N-ethyl adjacent to an activating group) is 1. The highest BCUT2D eigenvalue weighted by Crippen LogP contribution is 2.23. The fraction of sp³-hybridized carbons (Fsp3) is 1.00. The second-order valence-corrected chi connectivity index (χ2v) is 2.71. The van der Waals surface area contributed by atoms with E-state index in [0.29, 0.717) is 12.3 Å². The number of hydrogen-bond acceptors (Lipinski definition) is 2. The third-order valence-corrected chi connectivity index (χ3v) is 1.69. The Morgan fingerprint density at radius 1 is 1.56 bits per heavy atom. The van der Waals surface area contributed by atoms with Gasteiger partial charge >= 0.3 is 0 Å². The van der Waals surface area contributed by atoms with Crippen LogP contribution in [0.4, 0.5) is 0 Å². The fourth-order valence-electron chi connectivity index (χ4n) is 1.12. The molecule has 0 aliphatic carbocycles. The summed E-state index contributed by atoms with van der Waals surface area (Å²) in [5, 5.41) is 0. The molecule has 1 fully saturated rings. The van der Waals surface area contributed by atoms with Crippen LogP contribution in [0, 0.1) is 0 Å². The molecule has 2 atom stereocenters. The summed E-state index contributed by atoms with van der Waals surface area (Å²) in [6.07, 6.45) is 2.11. The van der Waals surface area contributed by atoms with E-state index in [9.17, 15) is 0 Å². The Bertz CT molecular complexity index is 94.9. The maximum Gasteiger partial charge on any atom is 0.137 e. The Morgan fingerprint density at radius 2 is 2.11 bits per heavy atom. The standard InChI is InChI=1S/C7H15NO/c1-4-5-8(3)7-6(2)9-7/h6-7H,4-5H2,1-3H3. The normalized spacial score (nSPS) is 33.3. The fourth-order valence-corrected chi connectivity index (χ4v) is 1.12. The monoisotopic (exact) mass is 129 g/mol. The Kier molecular flexibility index (Phi) is 2.09. The molecule has 0 amide bonds. The van der Waals surface area contributed by atoms with Gasteiger partial charge in [0.1, 0.15) is 6.23 Å². The molecule has 2 unspecified atom stereocenters. The lowest BCUT2D eigenvalue weighted by Crippen LogP contribution is -2.23. The van der Waals surface area contributed by atoms with Gasteiger partial charge in [-0.2, -0.15) is 0 Å². The number of hydrogen-bond donors (Lipinski definition) is 0. The van der Waals surface area contributed by atoms with E-state index in [4.69, 9.17) is 4.74 Å². The van der Waals surface area contributed by atoms with Crippen LogP contribution in [0.1, 0.15) is 20.3 Å². The number of nitrogens with zero attached hydrogens (tertiary/aromatic N) is 1. The minimum Gasteiger partial charge on any atom is -0.353 e. The molecule has 1 saturated heterocycles. The van der Waals surface area contributed by atoms with Crippen LogP contribution in [0.5, 0.6) is 0 Å². The van der Waals surface area contributed by atoms with E-state index in [0.717, 1.165) is 6.54 Å². The molecule has 2 heteroatoms. The number of epoxide rings is 1. The zero-order valence-electron chi connectivity index (χ0n) is 6.42. The van der Waals surface area contributed by atoms with Crippen molar-refractivity contribution in [2.24, 2.45) is 0 Å². The molecular weight excluding hydrogens is 114 g/mol. The molecular formula is C7H15NO. The lowest BCUT2D eigenvalue weighted by Gasteiger charge is -2.10. The first kappa shape index (κ1) is 7.03. The van der Waals surface area contributed by atoms with Crippen molar-refractivity contribution < 1.29 is 4.74 Å². The summed E-state index contributed by atoms with van der Waals surface area (Å²) >= 11 is 0. The number of rotatable bonds is 3. The van der Waals surface area contributed by atoms with E-state index in [1.54, 1.807) is 0 Å². The number of ether oxygens (including phenoxy) is 1. The molecule has 0 aromatic rings. The van der Waals surface area contributed by atoms with Gasteiger partial charge in [-0.1, -0.05) is 6.92 Å². The zero-order valence-corrected chi connectivity index (χ0v) is 6.42. The van der Waals surface area contributed by atoms with Gasteiger partial charge < -0.3 is 4.74 Å². The lowest BCUT2D eigenvalue weighted by atomic mass is 10.4. The SMILES string of the molecule is CCCN(C)C1OC1C. The highest BCUT2D eigenvalue weighted by atomic mass is 16.6. The van der Waals surface area contributed by atoms with Crippen LogP contribution >= 0.6 is 0 Å². The minimum atomic E-state index is 0.421. The van der Waals surface area contributed by atoms with Crippen LogP contribution in [0.25, 0.3) is 0 Å². The molecule has 0 spiro atoms. The quantitative estimate of drug-likeness (QED) is 0.530. The van der Waals surface area contributed by atoms with Gasteiger partial charge in [0.05, 0.1) is 6.10 Å². The molecule has 1 aliphatic rings. The largest absolute Gasteiger partial charge is 0.353 e. The topological polar surface area (TPSA) is 15.8 Å². The molecule has 0 bridgehead atoms. The van der Waals surface area contributed by atoms with Crippen molar-refractivity contribution in [2.45, 2.75) is 32.6 Å². The van der Waals surface area contributed by atoms with Crippen LogP contribution in [0.15, 0.2) is 0 Å². The molecule has 1 aliphatic heterocycles. The summed E-state index contributed by atoms with van der Waals surface area (Å²) in [5.41, 5.74) is 0. The molecule has 1 heterocycles. The minimum absolute atomic E-state index is 0.421. The maximum absolute atomic E-state index is 5.26. The van der Waals surface area contributed by atoms with Crippen LogP contribution in [-0.4, -0.2) is 30.8 Å². The van der Waals surface area contributed by atoms with Crippen molar-refractivity contribution in [3.63, 3.8) is 0 Å². The average molecular weight is 129 g/mol. The Balaban J connectivity index is 2.11. The molecule has 54 valence electrons. The van der Waals surface area contributed by atoms with Gasteiger partial charge in [-0.25, -0.2) is 0 Å². The third kappa shape index (κ3) is 1.66. The van der Waals surface area contributed by atoms with Crippen LogP contribution in [0.2, 0.25) is 0 Å². The Labute approximate surface area is 56.8 Å². The van der Waals surface area contributed by atoms with E-state index < -0.39 is 0 Å². The van der Waals surface area contributed by atoms with E-state index >= 15 is 0 Å². The smallest absolute Gasteiger partial charge is 0.137 e. The maximum atomic E-state index is 5.26. The highest BCUT2D eigenvalue weighted by Gasteiger charge is 2.37. The molecule has 0 aromatic heterocycles. The average Bonchev–Trinajstić information content (AvgIpc) is 2.47. The summed E-state index contributed by atoms with van der Waals surface area (Å²) in [7, 11) is 2.11. The van der Waals surface area contributed by atoms with Crippen LogP contribution in [0.3, 0.4) is 0 Å². The molecule has 1 rings (SSSR count). The molecule has 9 heavy (non-hydrogen) atoms. The molecule has 0 aromatic carbocycles. The van der Waals surface area contributed by atoms with E-state index in [1.807, 2.05) is 0 Å². The van der Waals surface area contributed by atoms with Gasteiger partial charge in [-0.05, 0) is 20.4 Å². The van der Waals surface area contributed by atoms with Gasteiger partial charge in [0.15, 0.2) is 0 Å². The summed E-state index contributed by atoms with van der Waals surface area (Å²) in [6.45, 7) is 5.44. The van der Waals surface area contributed by atoms with Gasteiger partial charge in [0, 0.05) is 6.54 Å². The summed E-state index contributed by atoms with van der Waals surface area (Å²) < 4.78 is 5.26. The second kappa shape index (κ2) is 2.67. The van der Waals surface area contributed by atoms with Crippen molar-refractivity contribution in [2.75, 3.05) is 13.6 Å². The van der Waals surface area contributed by atoms with Crippen LogP contribution < -0.4 is 0 Å². The molecule has 2 nitrogen and oxygen atoms in total. The first-order valence-corrected chi connectivity index (χ1v) is 3.61. The molecule has 0 radical (unpaired) electrons. The lowest BCUT2D eigenvalue weighted by molar-refractivity contribution is 0.211. The van der Waals surface area contributed by atoms with Crippen molar-refractivity contribution in [1.82, 2.24) is 4.90 Å². The van der Waals surface area contributed by atoms with E-state index in [1.165, 1.54) is 6.42 Å². The van der Waals surface area contributed by atoms with E-state index in [2.05, 4.69) is 25.8 Å². The predicted molar refractivity (Wildman–Crippen MR) is 37.3 cm³/mol. The Morgan fingerprint density at radius 3 is 2.44 bits per heavy atom. The second-order valence-electron chi connectivity index (χ2n) is 2.71. The summed E-state index contributed by atoms with van der Waals surface area (Å²) in [4.78, 5) is 2.25. The zero-order chi connectivity index (χ0) is 6.85. The summed E-state index contributed by atoms with van der Waals surface area (Å²) in [6, 6.07) is 0. The van der Waals surface area contributed by atoms with E-state index in [-0.39, 0.29) is 0 Å². The predicted octanol–water partition coefficient (Wildman–Crippen LogP) is 1.07. The summed E-state index contributed by atoms with van der Waals surface area (Å²) in [5.74, 6) is 0. The molecule has 0 saturated carbocycles. The van der Waals surface area contributed by atoms with Crippen molar-refractivity contribution >= 4 is 0 Å². The highest BCUT2D eigenvalue weighted by molar-refractivity contribution is 4.78. The van der Waals surface area contributed by atoms with Crippen LogP contribution in [-0.2, 0) is 4.74 Å². The van der Waals surface area contributed by atoms with Gasteiger partial charge in [0.2, 0.25) is 0 Å². The van der Waals surface area contributed by atoms with Crippen molar-refractivity contribution in [3.05, 3.63) is 0 Å². The van der Waals surface area contributed by atoms with Crippen molar-refractivity contribution in [3.8, 4) is 0 Å². The van der Waals surface area contributed by atoms with Gasteiger partial charge in [0.25, 0.3) is 0 Å². The molecule has 0 N–H and O–H groups in total. The third-order valence-electron chi connectivity index (χ3n) is 1.69. The van der Waals surface area contributed by atoms with Gasteiger partial charge in [-0.3, -0.25) is 4.90 Å². The van der Waals surface area contributed by atoms with Crippen molar-refractivity contribution in [1.29, 1.82) is 0 Å². The first-order chi connectivity index (χ1) is 4.25.